The first-order valence-corrected chi connectivity index (χ1v) is 4.20. The molecule has 2 N–H and O–H groups in total. The first-order chi connectivity index (χ1) is 5.66. The van der Waals surface area contributed by atoms with Gasteiger partial charge in [0.05, 0.1) is 12.5 Å². The number of hydrogen-bond donors (Lipinski definition) is 2. The molecule has 1 saturated carbocycles. The fraction of sp³-hybridized carbons (Fsp3) is 0.875. The molecule has 0 radical (unpaired) electrons. The third kappa shape index (κ3) is 1.76. The van der Waals surface area contributed by atoms with E-state index in [1.54, 1.807) is 0 Å². The molecule has 0 heterocycles. The molecule has 4 nitrogen and oxygen atoms in total. The van der Waals surface area contributed by atoms with E-state index in [1.807, 2.05) is 11.9 Å². The Morgan fingerprint density at radius 2 is 2.25 bits per heavy atom. The SMILES string of the molecule is CN(CCO)C1CCC1C(=O)O. The lowest BCUT2D eigenvalue weighted by molar-refractivity contribution is -0.148. The second kappa shape index (κ2) is 3.87. The summed E-state index contributed by atoms with van der Waals surface area (Å²) in [6.45, 7) is 0.661. The number of rotatable bonds is 4. The van der Waals surface area contributed by atoms with Crippen molar-refractivity contribution in [3.63, 3.8) is 0 Å². The number of carbonyl (C=O) groups is 1. The summed E-state index contributed by atoms with van der Waals surface area (Å²) >= 11 is 0. The highest BCUT2D eigenvalue weighted by Gasteiger charge is 2.38. The minimum Gasteiger partial charge on any atom is -0.481 e. The Hall–Kier alpha value is -0.610. The molecule has 4 heteroatoms. The lowest BCUT2D eigenvalue weighted by atomic mass is 9.79. The van der Waals surface area contributed by atoms with Crippen LogP contribution in [0.1, 0.15) is 12.8 Å². The summed E-state index contributed by atoms with van der Waals surface area (Å²) in [6, 6.07) is 0.134. The summed E-state index contributed by atoms with van der Waals surface area (Å²) in [5, 5.41) is 17.4. The lowest BCUT2D eigenvalue weighted by Gasteiger charge is -2.39. The summed E-state index contributed by atoms with van der Waals surface area (Å²) in [6.07, 6.45) is 1.71. The summed E-state index contributed by atoms with van der Waals surface area (Å²) in [7, 11) is 1.86. The van der Waals surface area contributed by atoms with E-state index in [4.69, 9.17) is 10.2 Å². The van der Waals surface area contributed by atoms with E-state index >= 15 is 0 Å². The number of carboxylic acid groups (broad SMARTS) is 1. The van der Waals surface area contributed by atoms with E-state index in [0.29, 0.717) is 6.54 Å². The molecule has 70 valence electrons. The molecule has 0 amide bonds. The number of aliphatic hydroxyl groups is 1. The molecule has 0 bridgehead atoms. The molecule has 1 rings (SSSR count). The van der Waals surface area contributed by atoms with Gasteiger partial charge in [0.25, 0.3) is 0 Å². The Bertz CT molecular complexity index is 172. The zero-order valence-electron chi connectivity index (χ0n) is 7.23. The van der Waals surface area contributed by atoms with Gasteiger partial charge in [-0.15, -0.1) is 0 Å². The summed E-state index contributed by atoms with van der Waals surface area (Å²) in [4.78, 5) is 12.5. The van der Waals surface area contributed by atoms with Crippen molar-refractivity contribution in [3.05, 3.63) is 0 Å². The van der Waals surface area contributed by atoms with Gasteiger partial charge < -0.3 is 15.1 Å². The van der Waals surface area contributed by atoms with Gasteiger partial charge in [-0.25, -0.2) is 0 Å². The first kappa shape index (κ1) is 9.48. The van der Waals surface area contributed by atoms with Crippen LogP contribution >= 0.6 is 0 Å². The molecular formula is C8H15NO3. The highest BCUT2D eigenvalue weighted by Crippen LogP contribution is 2.31. The summed E-state index contributed by atoms with van der Waals surface area (Å²) in [5.74, 6) is -0.933. The van der Waals surface area contributed by atoms with Crippen LogP contribution in [0.5, 0.6) is 0 Å². The number of aliphatic hydroxyl groups excluding tert-OH is 1. The third-order valence-corrected chi connectivity index (χ3v) is 2.57. The van der Waals surface area contributed by atoms with E-state index < -0.39 is 5.97 Å². The fourth-order valence-corrected chi connectivity index (χ4v) is 1.62. The fourth-order valence-electron chi connectivity index (χ4n) is 1.62. The van der Waals surface area contributed by atoms with E-state index in [9.17, 15) is 4.79 Å². The summed E-state index contributed by atoms with van der Waals surface area (Å²) in [5.41, 5.74) is 0. The van der Waals surface area contributed by atoms with Crippen LogP contribution in [-0.2, 0) is 4.79 Å². The Kier molecular flexibility index (Phi) is 3.05. The molecular weight excluding hydrogens is 158 g/mol. The van der Waals surface area contributed by atoms with Crippen molar-refractivity contribution >= 4 is 5.97 Å². The molecule has 1 aliphatic rings. The van der Waals surface area contributed by atoms with Crippen LogP contribution < -0.4 is 0 Å². The Morgan fingerprint density at radius 3 is 2.58 bits per heavy atom. The first-order valence-electron chi connectivity index (χ1n) is 4.20. The molecule has 0 spiro atoms. The number of carboxylic acids is 1. The highest BCUT2D eigenvalue weighted by molar-refractivity contribution is 5.72. The minimum atomic E-state index is -0.712. The smallest absolute Gasteiger partial charge is 0.308 e. The molecule has 0 saturated heterocycles. The summed E-state index contributed by atoms with van der Waals surface area (Å²) < 4.78 is 0. The van der Waals surface area contributed by atoms with Crippen molar-refractivity contribution in [1.82, 2.24) is 4.90 Å². The van der Waals surface area contributed by atoms with E-state index in [-0.39, 0.29) is 18.6 Å². The molecule has 1 fully saturated rings. The molecule has 1 aliphatic carbocycles. The number of aliphatic carboxylic acids is 1. The van der Waals surface area contributed by atoms with Crippen LogP contribution in [0.3, 0.4) is 0 Å². The van der Waals surface area contributed by atoms with Crippen LogP contribution in [0, 0.1) is 5.92 Å². The predicted molar refractivity (Wildman–Crippen MR) is 43.9 cm³/mol. The van der Waals surface area contributed by atoms with Crippen LogP contribution in [0.4, 0.5) is 0 Å². The third-order valence-electron chi connectivity index (χ3n) is 2.57. The maximum Gasteiger partial charge on any atom is 0.308 e. The number of hydrogen-bond acceptors (Lipinski definition) is 3. The molecule has 0 aromatic rings. The van der Waals surface area contributed by atoms with Crippen molar-refractivity contribution in [2.75, 3.05) is 20.2 Å². The van der Waals surface area contributed by atoms with Crippen LogP contribution in [0.2, 0.25) is 0 Å². The number of likely N-dealkylation sites (N-methyl/N-ethyl adjacent to an activating group) is 1. The van der Waals surface area contributed by atoms with Crippen LogP contribution in [-0.4, -0.2) is 47.3 Å². The average Bonchev–Trinajstić information content (AvgIpc) is 1.82. The maximum atomic E-state index is 10.6. The Morgan fingerprint density at radius 1 is 1.58 bits per heavy atom. The van der Waals surface area contributed by atoms with E-state index in [1.165, 1.54) is 0 Å². The van der Waals surface area contributed by atoms with Crippen molar-refractivity contribution in [3.8, 4) is 0 Å². The molecule has 0 aromatic carbocycles. The Labute approximate surface area is 71.8 Å². The molecule has 0 aromatic heterocycles. The zero-order chi connectivity index (χ0) is 9.14. The van der Waals surface area contributed by atoms with Crippen molar-refractivity contribution in [1.29, 1.82) is 0 Å². The van der Waals surface area contributed by atoms with Gasteiger partial charge in [-0.1, -0.05) is 0 Å². The van der Waals surface area contributed by atoms with Crippen LogP contribution in [0.15, 0.2) is 0 Å². The van der Waals surface area contributed by atoms with Gasteiger partial charge in [0.2, 0.25) is 0 Å². The van der Waals surface area contributed by atoms with Crippen molar-refractivity contribution in [2.24, 2.45) is 5.92 Å². The van der Waals surface area contributed by atoms with E-state index in [2.05, 4.69) is 0 Å². The van der Waals surface area contributed by atoms with Gasteiger partial charge in [-0.3, -0.25) is 4.79 Å². The minimum absolute atomic E-state index is 0.0966. The monoisotopic (exact) mass is 173 g/mol. The molecule has 12 heavy (non-hydrogen) atoms. The van der Waals surface area contributed by atoms with Gasteiger partial charge in [-0.05, 0) is 19.9 Å². The zero-order valence-corrected chi connectivity index (χ0v) is 7.23. The van der Waals surface area contributed by atoms with Crippen molar-refractivity contribution in [2.45, 2.75) is 18.9 Å². The van der Waals surface area contributed by atoms with Gasteiger partial charge in [0.15, 0.2) is 0 Å². The topological polar surface area (TPSA) is 60.8 Å². The molecule has 0 aliphatic heterocycles. The maximum absolute atomic E-state index is 10.6. The quantitative estimate of drug-likeness (QED) is 0.616. The second-order valence-electron chi connectivity index (χ2n) is 3.29. The van der Waals surface area contributed by atoms with Crippen molar-refractivity contribution < 1.29 is 15.0 Å². The normalized spacial score (nSPS) is 28.6. The second-order valence-corrected chi connectivity index (χ2v) is 3.29. The van der Waals surface area contributed by atoms with Gasteiger partial charge >= 0.3 is 5.97 Å². The Balaban J connectivity index is 2.37. The average molecular weight is 173 g/mol. The molecule has 2 unspecified atom stereocenters. The van der Waals surface area contributed by atoms with E-state index in [0.717, 1.165) is 12.8 Å². The number of nitrogens with zero attached hydrogens (tertiary/aromatic N) is 1. The lowest BCUT2D eigenvalue weighted by Crippen LogP contribution is -2.49. The van der Waals surface area contributed by atoms with Gasteiger partial charge in [0, 0.05) is 12.6 Å². The standard InChI is InChI=1S/C8H15NO3/c1-9(4-5-10)7-3-2-6(7)8(11)12/h6-7,10H,2-5H2,1H3,(H,11,12). The van der Waals surface area contributed by atoms with Gasteiger partial charge in [-0.2, -0.15) is 0 Å². The van der Waals surface area contributed by atoms with Crippen LogP contribution in [0.25, 0.3) is 0 Å². The predicted octanol–water partition coefficient (Wildman–Crippen LogP) is -0.226. The molecule has 2 atom stereocenters. The van der Waals surface area contributed by atoms with Gasteiger partial charge in [0.1, 0.15) is 0 Å². The highest BCUT2D eigenvalue weighted by atomic mass is 16.4. The largest absolute Gasteiger partial charge is 0.481 e.